The van der Waals surface area contributed by atoms with Crippen molar-refractivity contribution in [2.45, 2.75) is 18.6 Å². The van der Waals surface area contributed by atoms with Crippen LogP contribution in [0.5, 0.6) is 5.88 Å². The van der Waals surface area contributed by atoms with Crippen LogP contribution in [-0.4, -0.2) is 39.1 Å². The minimum atomic E-state index is -0.403. The van der Waals surface area contributed by atoms with Crippen molar-refractivity contribution in [3.05, 3.63) is 22.7 Å². The number of aliphatic hydroxyl groups excluding tert-OH is 1. The van der Waals surface area contributed by atoms with E-state index in [1.165, 1.54) is 16.3 Å². The predicted octanol–water partition coefficient (Wildman–Crippen LogP) is 0.222. The Kier molecular flexibility index (Phi) is 4.03. The van der Waals surface area contributed by atoms with Crippen LogP contribution < -0.4 is 10.4 Å². The molecule has 0 bridgehead atoms. The summed E-state index contributed by atoms with van der Waals surface area (Å²) < 4.78 is 12.0. The van der Waals surface area contributed by atoms with Gasteiger partial charge in [-0.05, 0) is 6.92 Å². The molecule has 1 N–H and O–H groups in total. The predicted molar refractivity (Wildman–Crippen MR) is 63.1 cm³/mol. The molecule has 94 valence electrons. The van der Waals surface area contributed by atoms with Crippen molar-refractivity contribution in [1.82, 2.24) is 9.55 Å². The van der Waals surface area contributed by atoms with E-state index in [4.69, 9.17) is 14.6 Å². The highest BCUT2D eigenvalue weighted by atomic mass is 32.2. The molecule has 0 aromatic carbocycles. The number of hydrogen-bond acceptors (Lipinski definition) is 6. The number of rotatable bonds is 4. The van der Waals surface area contributed by atoms with Crippen molar-refractivity contribution in [1.29, 1.82) is 0 Å². The fraction of sp³-hybridized carbons (Fsp3) is 0.600. The minimum Gasteiger partial charge on any atom is -0.478 e. The number of ether oxygens (including phenoxy) is 2. The molecule has 2 atom stereocenters. The van der Waals surface area contributed by atoms with Crippen molar-refractivity contribution in [3.8, 4) is 5.88 Å². The van der Waals surface area contributed by atoms with E-state index in [0.29, 0.717) is 18.2 Å². The number of aromatic nitrogens is 2. The molecule has 1 aliphatic rings. The third kappa shape index (κ3) is 2.80. The van der Waals surface area contributed by atoms with E-state index < -0.39 is 5.69 Å². The molecule has 2 rings (SSSR count). The van der Waals surface area contributed by atoms with Gasteiger partial charge in [-0.1, -0.05) is 0 Å². The first-order chi connectivity index (χ1) is 8.24. The molecule has 0 aliphatic carbocycles. The molecule has 0 saturated carbocycles. The molecule has 1 saturated heterocycles. The van der Waals surface area contributed by atoms with Crippen molar-refractivity contribution >= 4 is 11.8 Å². The van der Waals surface area contributed by atoms with Gasteiger partial charge in [0.05, 0.1) is 13.2 Å². The number of aliphatic hydroxyl groups is 1. The van der Waals surface area contributed by atoms with Gasteiger partial charge in [-0.2, -0.15) is 4.98 Å². The molecule has 1 aromatic rings. The second-order valence-corrected chi connectivity index (χ2v) is 4.62. The maximum atomic E-state index is 11.7. The molecule has 1 aromatic heterocycles. The summed E-state index contributed by atoms with van der Waals surface area (Å²) >= 11 is 1.48. The summed E-state index contributed by atoms with van der Waals surface area (Å²) in [5.41, 5.74) is -0.668. The molecular formula is C10H14N2O4S. The zero-order chi connectivity index (χ0) is 12.3. The molecule has 1 unspecified atom stereocenters. The average Bonchev–Trinajstić information content (AvgIpc) is 2.78. The zero-order valence-electron chi connectivity index (χ0n) is 9.41. The normalized spacial score (nSPS) is 23.9. The van der Waals surface area contributed by atoms with E-state index in [-0.39, 0.29) is 18.3 Å². The van der Waals surface area contributed by atoms with Crippen LogP contribution in [-0.2, 0) is 4.74 Å². The van der Waals surface area contributed by atoms with Gasteiger partial charge in [0, 0.05) is 18.0 Å². The Balaban J connectivity index is 2.14. The van der Waals surface area contributed by atoms with Gasteiger partial charge in [-0.15, -0.1) is 11.8 Å². The van der Waals surface area contributed by atoms with Gasteiger partial charge in [-0.3, -0.25) is 4.57 Å². The first-order valence-electron chi connectivity index (χ1n) is 5.34. The quantitative estimate of drug-likeness (QED) is 0.833. The lowest BCUT2D eigenvalue weighted by Gasteiger charge is -2.13. The summed E-state index contributed by atoms with van der Waals surface area (Å²) in [7, 11) is 0. The van der Waals surface area contributed by atoms with Crippen LogP contribution >= 0.6 is 11.8 Å². The maximum Gasteiger partial charge on any atom is 0.353 e. The first kappa shape index (κ1) is 12.4. The standard InChI is InChI=1S/C10H14N2O4S/c1-2-15-7-3-4-12(10(14)11-7)8-6-17-9(5-13)16-8/h3-4,8-9,13H,2,5-6H2,1H3/t8-,9?/m1/s1. The van der Waals surface area contributed by atoms with Crippen molar-refractivity contribution in [2.75, 3.05) is 19.0 Å². The summed E-state index contributed by atoms with van der Waals surface area (Å²) in [4.78, 5) is 15.5. The molecule has 2 heterocycles. The minimum absolute atomic E-state index is 0.0552. The van der Waals surface area contributed by atoms with Crippen LogP contribution in [0.1, 0.15) is 13.2 Å². The van der Waals surface area contributed by atoms with Crippen molar-refractivity contribution in [3.63, 3.8) is 0 Å². The van der Waals surface area contributed by atoms with E-state index >= 15 is 0 Å². The zero-order valence-corrected chi connectivity index (χ0v) is 10.2. The van der Waals surface area contributed by atoms with Crippen molar-refractivity contribution in [2.24, 2.45) is 0 Å². The summed E-state index contributed by atoms with van der Waals surface area (Å²) in [6, 6.07) is 1.63. The highest BCUT2D eigenvalue weighted by Crippen LogP contribution is 2.30. The molecule has 6 nitrogen and oxygen atoms in total. The largest absolute Gasteiger partial charge is 0.478 e. The van der Waals surface area contributed by atoms with E-state index in [1.807, 2.05) is 6.92 Å². The smallest absolute Gasteiger partial charge is 0.353 e. The topological polar surface area (TPSA) is 73.6 Å². The van der Waals surface area contributed by atoms with Gasteiger partial charge < -0.3 is 14.6 Å². The van der Waals surface area contributed by atoms with E-state index in [1.54, 1.807) is 12.3 Å². The van der Waals surface area contributed by atoms with Crippen LogP contribution in [0, 0.1) is 0 Å². The highest BCUT2D eigenvalue weighted by Gasteiger charge is 2.27. The second kappa shape index (κ2) is 5.52. The maximum absolute atomic E-state index is 11.7. The SMILES string of the molecule is CCOc1ccn([C@H]2CSC(CO)O2)c(=O)n1. The Hall–Kier alpha value is -1.05. The summed E-state index contributed by atoms with van der Waals surface area (Å²) in [5, 5.41) is 8.95. The van der Waals surface area contributed by atoms with Gasteiger partial charge in [0.15, 0.2) is 0 Å². The lowest BCUT2D eigenvalue weighted by atomic mass is 10.5. The molecule has 7 heteroatoms. The third-order valence-electron chi connectivity index (χ3n) is 2.29. The molecule has 0 radical (unpaired) electrons. The van der Waals surface area contributed by atoms with Gasteiger partial charge in [0.25, 0.3) is 0 Å². The van der Waals surface area contributed by atoms with Crippen LogP contribution in [0.25, 0.3) is 0 Å². The molecule has 1 aliphatic heterocycles. The fourth-order valence-corrected chi connectivity index (χ4v) is 2.46. The monoisotopic (exact) mass is 258 g/mol. The second-order valence-electron chi connectivity index (χ2n) is 3.42. The highest BCUT2D eigenvalue weighted by molar-refractivity contribution is 8.00. The Morgan fingerprint density at radius 3 is 3.18 bits per heavy atom. The van der Waals surface area contributed by atoms with Gasteiger partial charge in [0.1, 0.15) is 11.7 Å². The Morgan fingerprint density at radius 2 is 2.59 bits per heavy atom. The fourth-order valence-electron chi connectivity index (χ4n) is 1.53. The van der Waals surface area contributed by atoms with Gasteiger partial charge in [-0.25, -0.2) is 4.79 Å². The summed E-state index contributed by atoms with van der Waals surface area (Å²) in [5.74, 6) is 0.943. The van der Waals surface area contributed by atoms with Gasteiger partial charge in [0.2, 0.25) is 5.88 Å². The van der Waals surface area contributed by atoms with E-state index in [0.717, 1.165) is 0 Å². The van der Waals surface area contributed by atoms with Crippen LogP contribution in [0.2, 0.25) is 0 Å². The lowest BCUT2D eigenvalue weighted by Crippen LogP contribution is -2.28. The molecule has 17 heavy (non-hydrogen) atoms. The van der Waals surface area contributed by atoms with E-state index in [2.05, 4.69) is 4.98 Å². The average molecular weight is 258 g/mol. The summed E-state index contributed by atoms with van der Waals surface area (Å²) in [6.45, 7) is 2.25. The Labute approximate surface area is 103 Å². The molecule has 0 spiro atoms. The molecule has 0 amide bonds. The molecular weight excluding hydrogens is 244 g/mol. The number of hydrogen-bond donors (Lipinski definition) is 1. The van der Waals surface area contributed by atoms with Crippen molar-refractivity contribution < 1.29 is 14.6 Å². The Morgan fingerprint density at radius 1 is 1.76 bits per heavy atom. The van der Waals surface area contributed by atoms with E-state index in [9.17, 15) is 4.79 Å². The summed E-state index contributed by atoms with van der Waals surface area (Å²) in [6.07, 6.45) is 1.23. The third-order valence-corrected chi connectivity index (χ3v) is 3.40. The van der Waals surface area contributed by atoms with Crippen LogP contribution in [0.15, 0.2) is 17.1 Å². The van der Waals surface area contributed by atoms with Gasteiger partial charge >= 0.3 is 5.69 Å². The number of nitrogens with zero attached hydrogens (tertiary/aromatic N) is 2. The molecule has 1 fully saturated rings. The van der Waals surface area contributed by atoms with Crippen LogP contribution in [0.3, 0.4) is 0 Å². The Bertz CT molecular complexity index is 437. The lowest BCUT2D eigenvalue weighted by molar-refractivity contribution is -0.00650. The van der Waals surface area contributed by atoms with Crippen LogP contribution in [0.4, 0.5) is 0 Å². The first-order valence-corrected chi connectivity index (χ1v) is 6.39. The number of thioether (sulfide) groups is 1.